The van der Waals surface area contributed by atoms with Gasteiger partial charge in [-0.05, 0) is 61.3 Å². The SMILES string of the molecule is CC1(CN)CCC(NCc2cccc3c2CN(C2CCC(=O)NC2=O)C3=O)CC1. The maximum atomic E-state index is 12.9. The van der Waals surface area contributed by atoms with E-state index in [9.17, 15) is 14.4 Å². The topological polar surface area (TPSA) is 105 Å². The van der Waals surface area contributed by atoms with Crippen molar-refractivity contribution in [2.45, 2.75) is 70.6 Å². The molecule has 1 aliphatic carbocycles. The molecule has 0 radical (unpaired) electrons. The molecule has 1 atom stereocenters. The molecule has 7 nitrogen and oxygen atoms in total. The molecule has 2 aliphatic heterocycles. The normalized spacial score (nSPS) is 29.7. The number of benzene rings is 1. The molecule has 1 saturated heterocycles. The predicted molar refractivity (Wildman–Crippen MR) is 109 cm³/mol. The molecule has 3 amide bonds. The average Bonchev–Trinajstić information content (AvgIpc) is 3.05. The average molecular weight is 399 g/mol. The maximum absolute atomic E-state index is 12.9. The van der Waals surface area contributed by atoms with E-state index in [2.05, 4.69) is 23.6 Å². The van der Waals surface area contributed by atoms with Crippen LogP contribution in [0.5, 0.6) is 0 Å². The Balaban J connectivity index is 1.42. The molecule has 7 heteroatoms. The van der Waals surface area contributed by atoms with Crippen molar-refractivity contribution in [1.82, 2.24) is 15.5 Å². The number of hydrogen-bond donors (Lipinski definition) is 3. The van der Waals surface area contributed by atoms with E-state index in [-0.39, 0.29) is 29.6 Å². The van der Waals surface area contributed by atoms with Crippen LogP contribution < -0.4 is 16.4 Å². The third-order valence-electron chi connectivity index (χ3n) is 6.95. The summed E-state index contributed by atoms with van der Waals surface area (Å²) in [5, 5.41) is 6.01. The number of fused-ring (bicyclic) bond motifs is 1. The maximum Gasteiger partial charge on any atom is 0.255 e. The number of amides is 3. The summed E-state index contributed by atoms with van der Waals surface area (Å²) in [6.07, 6.45) is 5.16. The van der Waals surface area contributed by atoms with Gasteiger partial charge < -0.3 is 16.0 Å². The van der Waals surface area contributed by atoms with E-state index in [4.69, 9.17) is 5.73 Å². The monoisotopic (exact) mass is 398 g/mol. The lowest BCUT2D eigenvalue weighted by Crippen LogP contribution is -2.52. The van der Waals surface area contributed by atoms with Crippen LogP contribution in [0.4, 0.5) is 0 Å². The number of piperidine rings is 1. The summed E-state index contributed by atoms with van der Waals surface area (Å²) in [5.74, 6) is -0.751. The molecule has 0 spiro atoms. The number of hydrogen-bond acceptors (Lipinski definition) is 5. The van der Waals surface area contributed by atoms with Crippen LogP contribution in [0.3, 0.4) is 0 Å². The number of nitrogens with zero attached hydrogens (tertiary/aromatic N) is 1. The minimum absolute atomic E-state index is 0.118. The minimum Gasteiger partial charge on any atom is -0.330 e. The summed E-state index contributed by atoms with van der Waals surface area (Å²) in [6, 6.07) is 5.70. The van der Waals surface area contributed by atoms with Gasteiger partial charge in [-0.15, -0.1) is 0 Å². The standard InChI is InChI=1S/C22H30N4O3/c1-22(13-23)9-7-15(8-10-22)24-11-14-3-2-4-16-17(14)12-26(21(16)29)18-5-6-19(27)25-20(18)28/h2-4,15,18,24H,5-13,23H2,1H3,(H,25,27,28). The summed E-state index contributed by atoms with van der Waals surface area (Å²) < 4.78 is 0. The number of carbonyl (C=O) groups is 3. The molecule has 4 N–H and O–H groups in total. The second kappa shape index (κ2) is 7.88. The van der Waals surface area contributed by atoms with Gasteiger partial charge in [-0.25, -0.2) is 0 Å². The van der Waals surface area contributed by atoms with Crippen molar-refractivity contribution in [3.8, 4) is 0 Å². The Morgan fingerprint density at radius 2 is 1.97 bits per heavy atom. The summed E-state index contributed by atoms with van der Waals surface area (Å²) >= 11 is 0. The largest absolute Gasteiger partial charge is 0.330 e. The highest BCUT2D eigenvalue weighted by Gasteiger charge is 2.39. The molecular weight excluding hydrogens is 368 g/mol. The number of nitrogens with two attached hydrogens (primary N) is 1. The smallest absolute Gasteiger partial charge is 0.255 e. The van der Waals surface area contributed by atoms with Gasteiger partial charge in [-0.2, -0.15) is 0 Å². The molecule has 1 aromatic carbocycles. The Morgan fingerprint density at radius 3 is 2.66 bits per heavy atom. The molecule has 4 rings (SSSR count). The van der Waals surface area contributed by atoms with Gasteiger partial charge in [-0.1, -0.05) is 19.1 Å². The fraction of sp³-hybridized carbons (Fsp3) is 0.591. The highest BCUT2D eigenvalue weighted by Crippen LogP contribution is 2.35. The zero-order valence-electron chi connectivity index (χ0n) is 17.0. The Bertz CT molecular complexity index is 829. The predicted octanol–water partition coefficient (Wildman–Crippen LogP) is 1.44. The summed E-state index contributed by atoms with van der Waals surface area (Å²) in [6.45, 7) is 4.14. The molecule has 3 aliphatic rings. The Hall–Kier alpha value is -2.25. The second-order valence-corrected chi connectivity index (χ2v) is 9.01. The second-order valence-electron chi connectivity index (χ2n) is 9.01. The molecule has 2 fully saturated rings. The molecule has 2 heterocycles. The van der Waals surface area contributed by atoms with Gasteiger partial charge in [-0.3, -0.25) is 19.7 Å². The first kappa shape index (κ1) is 20.0. The zero-order chi connectivity index (χ0) is 20.6. The van der Waals surface area contributed by atoms with Crippen molar-refractivity contribution >= 4 is 17.7 Å². The molecule has 1 saturated carbocycles. The number of nitrogens with one attached hydrogen (secondary N) is 2. The fourth-order valence-electron chi connectivity index (χ4n) is 4.79. The number of imide groups is 1. The fourth-order valence-corrected chi connectivity index (χ4v) is 4.79. The molecule has 1 unspecified atom stereocenters. The number of rotatable bonds is 5. The third kappa shape index (κ3) is 3.94. The van der Waals surface area contributed by atoms with Crippen molar-refractivity contribution in [2.24, 2.45) is 11.1 Å². The van der Waals surface area contributed by atoms with Gasteiger partial charge in [0.25, 0.3) is 5.91 Å². The lowest BCUT2D eigenvalue weighted by Gasteiger charge is -2.36. The van der Waals surface area contributed by atoms with Crippen LogP contribution in [0.15, 0.2) is 18.2 Å². The van der Waals surface area contributed by atoms with Gasteiger partial charge in [0.15, 0.2) is 0 Å². The van der Waals surface area contributed by atoms with E-state index >= 15 is 0 Å². The highest BCUT2D eigenvalue weighted by atomic mass is 16.2. The van der Waals surface area contributed by atoms with Crippen LogP contribution in [0.25, 0.3) is 0 Å². The molecular formula is C22H30N4O3. The van der Waals surface area contributed by atoms with E-state index in [1.54, 1.807) is 4.90 Å². The Labute approximate surface area is 171 Å². The lowest BCUT2D eigenvalue weighted by molar-refractivity contribution is -0.136. The summed E-state index contributed by atoms with van der Waals surface area (Å²) in [7, 11) is 0. The van der Waals surface area contributed by atoms with E-state index in [1.165, 1.54) is 0 Å². The first-order valence-electron chi connectivity index (χ1n) is 10.6. The molecule has 1 aromatic rings. The van der Waals surface area contributed by atoms with E-state index in [1.807, 2.05) is 12.1 Å². The van der Waals surface area contributed by atoms with Crippen molar-refractivity contribution in [3.63, 3.8) is 0 Å². The molecule has 0 aromatic heterocycles. The van der Waals surface area contributed by atoms with Gasteiger partial charge >= 0.3 is 0 Å². The van der Waals surface area contributed by atoms with E-state index in [0.717, 1.165) is 43.4 Å². The summed E-state index contributed by atoms with van der Waals surface area (Å²) in [4.78, 5) is 38.2. The van der Waals surface area contributed by atoms with Gasteiger partial charge in [0, 0.05) is 31.1 Å². The minimum atomic E-state index is -0.569. The van der Waals surface area contributed by atoms with Crippen molar-refractivity contribution < 1.29 is 14.4 Å². The van der Waals surface area contributed by atoms with Crippen molar-refractivity contribution in [2.75, 3.05) is 6.54 Å². The van der Waals surface area contributed by atoms with Crippen LogP contribution in [0.1, 0.15) is 66.9 Å². The molecule has 156 valence electrons. The Kier molecular flexibility index (Phi) is 5.44. The van der Waals surface area contributed by atoms with Crippen LogP contribution in [0, 0.1) is 5.41 Å². The van der Waals surface area contributed by atoms with Gasteiger partial charge in [0.2, 0.25) is 11.8 Å². The van der Waals surface area contributed by atoms with E-state index in [0.29, 0.717) is 31.1 Å². The Morgan fingerprint density at radius 1 is 1.21 bits per heavy atom. The van der Waals surface area contributed by atoms with Crippen molar-refractivity contribution in [3.05, 3.63) is 34.9 Å². The van der Waals surface area contributed by atoms with Crippen LogP contribution in [-0.2, 0) is 22.7 Å². The third-order valence-corrected chi connectivity index (χ3v) is 6.95. The van der Waals surface area contributed by atoms with Crippen LogP contribution in [0.2, 0.25) is 0 Å². The molecule has 29 heavy (non-hydrogen) atoms. The first-order chi connectivity index (χ1) is 13.9. The lowest BCUT2D eigenvalue weighted by atomic mass is 9.74. The zero-order valence-corrected chi connectivity index (χ0v) is 17.0. The summed E-state index contributed by atoms with van der Waals surface area (Å²) in [5.41, 5.74) is 8.96. The molecule has 0 bridgehead atoms. The highest BCUT2D eigenvalue weighted by molar-refractivity contribution is 6.05. The quantitative estimate of drug-likeness (QED) is 0.651. The van der Waals surface area contributed by atoms with Gasteiger partial charge in [0.1, 0.15) is 6.04 Å². The van der Waals surface area contributed by atoms with Gasteiger partial charge in [0.05, 0.1) is 0 Å². The number of carbonyl (C=O) groups excluding carboxylic acids is 3. The van der Waals surface area contributed by atoms with Crippen molar-refractivity contribution in [1.29, 1.82) is 0 Å². The first-order valence-corrected chi connectivity index (χ1v) is 10.6. The van der Waals surface area contributed by atoms with Crippen LogP contribution in [-0.4, -0.2) is 41.2 Å². The van der Waals surface area contributed by atoms with E-state index < -0.39 is 6.04 Å². The van der Waals surface area contributed by atoms with Crippen LogP contribution >= 0.6 is 0 Å².